The van der Waals surface area contributed by atoms with E-state index in [-0.39, 0.29) is 0 Å². The van der Waals surface area contributed by atoms with Crippen LogP contribution in [0.15, 0.2) is 28.7 Å². The van der Waals surface area contributed by atoms with E-state index < -0.39 is 0 Å². The number of hydrogen-bond acceptors (Lipinski definition) is 2. The first-order valence-corrected chi connectivity index (χ1v) is 6.67. The Morgan fingerprint density at radius 3 is 2.94 bits per heavy atom. The summed E-state index contributed by atoms with van der Waals surface area (Å²) >= 11 is 3.60. The molecule has 0 amide bonds. The molecule has 0 aliphatic carbocycles. The van der Waals surface area contributed by atoms with Crippen LogP contribution in [-0.4, -0.2) is 31.6 Å². The van der Waals surface area contributed by atoms with Gasteiger partial charge in [0.1, 0.15) is 0 Å². The molecule has 0 saturated carbocycles. The minimum atomic E-state index is 0.826. The maximum Gasteiger partial charge on any atom is 0.0242 e. The van der Waals surface area contributed by atoms with E-state index in [1.807, 2.05) is 0 Å². The second kappa shape index (κ2) is 5.80. The Bertz CT molecular complexity index is 334. The van der Waals surface area contributed by atoms with Crippen molar-refractivity contribution in [3.8, 4) is 0 Å². The number of benzene rings is 1. The summed E-state index contributed by atoms with van der Waals surface area (Å²) in [5, 5.41) is 3.42. The fraction of sp³-hybridized carbons (Fsp3) is 0.538. The Morgan fingerprint density at radius 2 is 2.25 bits per heavy atom. The summed E-state index contributed by atoms with van der Waals surface area (Å²) in [7, 11) is 2.21. The molecular weight excluding hydrogens is 264 g/mol. The molecule has 1 aliphatic heterocycles. The third-order valence-electron chi connectivity index (χ3n) is 3.13. The van der Waals surface area contributed by atoms with Crippen LogP contribution in [0, 0.1) is 5.92 Å². The van der Waals surface area contributed by atoms with Gasteiger partial charge < -0.3 is 10.2 Å². The molecule has 0 radical (unpaired) electrons. The highest BCUT2D eigenvalue weighted by atomic mass is 79.9. The van der Waals surface area contributed by atoms with Gasteiger partial charge in [-0.05, 0) is 44.1 Å². The zero-order chi connectivity index (χ0) is 11.4. The number of nitrogens with zero attached hydrogens (tertiary/aromatic N) is 1. The summed E-state index contributed by atoms with van der Waals surface area (Å²) in [4.78, 5) is 2.41. The van der Waals surface area contributed by atoms with E-state index >= 15 is 0 Å². The van der Waals surface area contributed by atoms with E-state index in [1.165, 1.54) is 36.1 Å². The topological polar surface area (TPSA) is 15.3 Å². The monoisotopic (exact) mass is 282 g/mol. The van der Waals surface area contributed by atoms with Crippen LogP contribution in [0.25, 0.3) is 0 Å². The van der Waals surface area contributed by atoms with E-state index in [1.54, 1.807) is 0 Å². The zero-order valence-electron chi connectivity index (χ0n) is 9.75. The minimum absolute atomic E-state index is 0.826. The Morgan fingerprint density at radius 1 is 1.44 bits per heavy atom. The van der Waals surface area contributed by atoms with E-state index in [0.717, 1.165) is 12.5 Å². The molecule has 2 nitrogen and oxygen atoms in total. The SMILES string of the molecule is CN(Cc1ccccc1Br)CC1CCNC1. The van der Waals surface area contributed by atoms with Crippen LogP contribution in [0.4, 0.5) is 0 Å². The summed E-state index contributed by atoms with van der Waals surface area (Å²) in [6.07, 6.45) is 1.32. The maximum absolute atomic E-state index is 3.60. The van der Waals surface area contributed by atoms with Gasteiger partial charge in [-0.1, -0.05) is 34.1 Å². The quantitative estimate of drug-likeness (QED) is 0.913. The molecule has 1 heterocycles. The molecule has 88 valence electrons. The predicted octanol–water partition coefficient (Wildman–Crippen LogP) is 2.49. The minimum Gasteiger partial charge on any atom is -0.316 e. The molecule has 1 N–H and O–H groups in total. The van der Waals surface area contributed by atoms with Crippen LogP contribution >= 0.6 is 15.9 Å². The number of rotatable bonds is 4. The van der Waals surface area contributed by atoms with Gasteiger partial charge in [-0.3, -0.25) is 0 Å². The second-order valence-electron chi connectivity index (χ2n) is 4.65. The van der Waals surface area contributed by atoms with Gasteiger partial charge in [0.05, 0.1) is 0 Å². The molecule has 2 rings (SSSR count). The third-order valence-corrected chi connectivity index (χ3v) is 3.90. The van der Waals surface area contributed by atoms with Crippen molar-refractivity contribution in [3.63, 3.8) is 0 Å². The molecule has 0 aromatic heterocycles. The Kier molecular flexibility index (Phi) is 4.38. The van der Waals surface area contributed by atoms with Crippen molar-refractivity contribution in [1.29, 1.82) is 0 Å². The average Bonchev–Trinajstić information content (AvgIpc) is 2.74. The van der Waals surface area contributed by atoms with Gasteiger partial charge >= 0.3 is 0 Å². The second-order valence-corrected chi connectivity index (χ2v) is 5.50. The van der Waals surface area contributed by atoms with Crippen molar-refractivity contribution in [2.45, 2.75) is 13.0 Å². The van der Waals surface area contributed by atoms with E-state index in [2.05, 4.69) is 57.5 Å². The lowest BCUT2D eigenvalue weighted by atomic mass is 10.1. The first-order chi connectivity index (χ1) is 7.75. The van der Waals surface area contributed by atoms with Gasteiger partial charge in [0, 0.05) is 17.6 Å². The molecule has 1 aromatic rings. The van der Waals surface area contributed by atoms with Crippen molar-refractivity contribution in [2.24, 2.45) is 5.92 Å². The number of hydrogen-bond donors (Lipinski definition) is 1. The first-order valence-electron chi connectivity index (χ1n) is 5.88. The molecule has 0 bridgehead atoms. The van der Waals surface area contributed by atoms with Crippen LogP contribution in [0.3, 0.4) is 0 Å². The van der Waals surface area contributed by atoms with Crippen molar-refractivity contribution in [3.05, 3.63) is 34.3 Å². The van der Waals surface area contributed by atoms with Crippen LogP contribution in [0.5, 0.6) is 0 Å². The first kappa shape index (κ1) is 12.1. The standard InChI is InChI=1S/C13H19BrN2/c1-16(9-11-6-7-15-8-11)10-12-4-2-3-5-13(12)14/h2-5,11,15H,6-10H2,1H3. The molecule has 1 aliphatic rings. The van der Waals surface area contributed by atoms with Crippen LogP contribution in [0.2, 0.25) is 0 Å². The van der Waals surface area contributed by atoms with Crippen molar-refractivity contribution in [1.82, 2.24) is 10.2 Å². The number of nitrogens with one attached hydrogen (secondary N) is 1. The molecular formula is C13H19BrN2. The largest absolute Gasteiger partial charge is 0.316 e. The molecule has 1 unspecified atom stereocenters. The smallest absolute Gasteiger partial charge is 0.0242 e. The zero-order valence-corrected chi connectivity index (χ0v) is 11.3. The Hall–Kier alpha value is -0.380. The fourth-order valence-electron chi connectivity index (χ4n) is 2.29. The van der Waals surface area contributed by atoms with Gasteiger partial charge in [0.25, 0.3) is 0 Å². The van der Waals surface area contributed by atoms with Gasteiger partial charge in [-0.2, -0.15) is 0 Å². The van der Waals surface area contributed by atoms with Crippen LogP contribution in [-0.2, 0) is 6.54 Å². The highest BCUT2D eigenvalue weighted by molar-refractivity contribution is 9.10. The molecule has 0 spiro atoms. The Labute approximate surface area is 106 Å². The third kappa shape index (κ3) is 3.30. The van der Waals surface area contributed by atoms with Gasteiger partial charge in [-0.15, -0.1) is 0 Å². The van der Waals surface area contributed by atoms with Crippen LogP contribution < -0.4 is 5.32 Å². The van der Waals surface area contributed by atoms with E-state index in [9.17, 15) is 0 Å². The van der Waals surface area contributed by atoms with Crippen LogP contribution in [0.1, 0.15) is 12.0 Å². The lowest BCUT2D eigenvalue weighted by Crippen LogP contribution is -2.26. The molecule has 1 aromatic carbocycles. The average molecular weight is 283 g/mol. The summed E-state index contributed by atoms with van der Waals surface area (Å²) in [5.41, 5.74) is 1.37. The highest BCUT2D eigenvalue weighted by Gasteiger charge is 2.16. The van der Waals surface area contributed by atoms with Gasteiger partial charge in [0.2, 0.25) is 0 Å². The van der Waals surface area contributed by atoms with Gasteiger partial charge in [-0.25, -0.2) is 0 Å². The molecule has 1 fully saturated rings. The van der Waals surface area contributed by atoms with E-state index in [4.69, 9.17) is 0 Å². The normalized spacial score (nSPS) is 20.6. The summed E-state index contributed by atoms with van der Waals surface area (Å²) < 4.78 is 1.21. The molecule has 3 heteroatoms. The summed E-state index contributed by atoms with van der Waals surface area (Å²) in [6, 6.07) is 8.47. The summed E-state index contributed by atoms with van der Waals surface area (Å²) in [5.74, 6) is 0.826. The maximum atomic E-state index is 3.60. The highest BCUT2D eigenvalue weighted by Crippen LogP contribution is 2.18. The Balaban J connectivity index is 1.86. The summed E-state index contributed by atoms with van der Waals surface area (Å²) in [6.45, 7) is 4.58. The lowest BCUT2D eigenvalue weighted by molar-refractivity contribution is 0.278. The van der Waals surface area contributed by atoms with Crippen molar-refractivity contribution in [2.75, 3.05) is 26.7 Å². The van der Waals surface area contributed by atoms with Crippen molar-refractivity contribution >= 4 is 15.9 Å². The van der Waals surface area contributed by atoms with E-state index in [0.29, 0.717) is 0 Å². The van der Waals surface area contributed by atoms with Gasteiger partial charge in [0.15, 0.2) is 0 Å². The lowest BCUT2D eigenvalue weighted by Gasteiger charge is -2.20. The molecule has 1 atom stereocenters. The fourth-order valence-corrected chi connectivity index (χ4v) is 2.70. The predicted molar refractivity (Wildman–Crippen MR) is 71.5 cm³/mol. The molecule has 16 heavy (non-hydrogen) atoms. The molecule has 1 saturated heterocycles. The van der Waals surface area contributed by atoms with Crippen molar-refractivity contribution < 1.29 is 0 Å². The number of halogens is 1.